The summed E-state index contributed by atoms with van der Waals surface area (Å²) in [5.41, 5.74) is 4.40. The number of carboxylic acid groups (broad SMARTS) is 1. The Morgan fingerprint density at radius 2 is 2.00 bits per heavy atom. The van der Waals surface area contributed by atoms with Gasteiger partial charge in [-0.3, -0.25) is 9.88 Å². The van der Waals surface area contributed by atoms with E-state index < -0.39 is 5.97 Å². The van der Waals surface area contributed by atoms with Crippen molar-refractivity contribution in [1.82, 2.24) is 24.6 Å². The summed E-state index contributed by atoms with van der Waals surface area (Å²) in [7, 11) is 0. The fraction of sp³-hybridized carbons (Fsp3) is 0.304. The van der Waals surface area contributed by atoms with Crippen LogP contribution in [0, 0.1) is 6.92 Å². The van der Waals surface area contributed by atoms with E-state index in [2.05, 4.69) is 40.1 Å². The lowest BCUT2D eigenvalue weighted by Gasteiger charge is -2.39. The Morgan fingerprint density at radius 3 is 2.65 bits per heavy atom. The molecule has 8 heteroatoms. The maximum atomic E-state index is 12.7. The molecule has 0 aliphatic carbocycles. The van der Waals surface area contributed by atoms with Gasteiger partial charge in [0.1, 0.15) is 0 Å². The van der Waals surface area contributed by atoms with Gasteiger partial charge in [0.05, 0.1) is 5.69 Å². The van der Waals surface area contributed by atoms with Gasteiger partial charge < -0.3 is 10.0 Å². The lowest BCUT2D eigenvalue weighted by molar-refractivity contribution is 0.0689. The highest BCUT2D eigenvalue weighted by Gasteiger charge is 2.29. The lowest BCUT2D eigenvalue weighted by Crippen LogP contribution is -2.54. The van der Waals surface area contributed by atoms with E-state index in [4.69, 9.17) is 5.11 Å². The van der Waals surface area contributed by atoms with Crippen LogP contribution in [0.25, 0.3) is 11.3 Å². The average Bonchev–Trinajstić information content (AvgIpc) is 3.26. The Bertz CT molecular complexity index is 1100. The molecule has 2 aromatic heterocycles. The van der Waals surface area contributed by atoms with Crippen LogP contribution in [0.4, 0.5) is 4.79 Å². The molecule has 3 heterocycles. The summed E-state index contributed by atoms with van der Waals surface area (Å²) >= 11 is 0. The van der Waals surface area contributed by atoms with Gasteiger partial charge in [0.15, 0.2) is 5.69 Å². The van der Waals surface area contributed by atoms with Crippen molar-refractivity contribution in [3.63, 3.8) is 0 Å². The summed E-state index contributed by atoms with van der Waals surface area (Å²) in [6.07, 6.45) is 3.20. The molecule has 1 atom stereocenters. The smallest absolute Gasteiger partial charge is 0.356 e. The summed E-state index contributed by atoms with van der Waals surface area (Å²) in [5, 5.41) is 12.9. The van der Waals surface area contributed by atoms with Crippen molar-refractivity contribution in [2.45, 2.75) is 26.4 Å². The van der Waals surface area contributed by atoms with E-state index in [1.807, 2.05) is 25.1 Å². The van der Waals surface area contributed by atoms with Gasteiger partial charge in [-0.1, -0.05) is 18.2 Å². The van der Waals surface area contributed by atoms with Crippen LogP contribution in [-0.2, 0) is 6.54 Å². The molecule has 4 rings (SSSR count). The third-order valence-corrected chi connectivity index (χ3v) is 5.66. The number of carbonyl (C=O) groups excluding carboxylic acids is 1. The monoisotopic (exact) mass is 419 g/mol. The molecule has 0 saturated carbocycles. The fourth-order valence-electron chi connectivity index (χ4n) is 3.94. The average molecular weight is 419 g/mol. The highest BCUT2D eigenvalue weighted by molar-refractivity contribution is 5.86. The van der Waals surface area contributed by atoms with Crippen LogP contribution in [0.1, 0.15) is 28.5 Å². The second-order valence-electron chi connectivity index (χ2n) is 7.87. The van der Waals surface area contributed by atoms with Crippen LogP contribution in [0.5, 0.6) is 0 Å². The minimum absolute atomic E-state index is 0.00757. The maximum Gasteiger partial charge on any atom is 0.356 e. The molecule has 1 unspecified atom stereocenters. The number of aromatic carboxylic acids is 1. The molecule has 8 nitrogen and oxygen atoms in total. The van der Waals surface area contributed by atoms with Crippen molar-refractivity contribution in [3.05, 3.63) is 71.7 Å². The predicted molar refractivity (Wildman–Crippen MR) is 116 cm³/mol. The molecule has 1 N–H and O–H groups in total. The molecule has 1 aliphatic heterocycles. The Hall–Kier alpha value is -3.52. The van der Waals surface area contributed by atoms with Crippen molar-refractivity contribution in [2.24, 2.45) is 0 Å². The third-order valence-electron chi connectivity index (χ3n) is 5.66. The van der Waals surface area contributed by atoms with Gasteiger partial charge in [0.2, 0.25) is 0 Å². The zero-order valence-electron chi connectivity index (χ0n) is 17.6. The minimum atomic E-state index is -1.14. The van der Waals surface area contributed by atoms with E-state index in [1.165, 1.54) is 23.4 Å². The SMILES string of the molecule is Cc1cc(-c2ccccn2)ccc1CN1CCN(C(=O)n2ccc(C(=O)O)n2)C(C)C1. The summed E-state index contributed by atoms with van der Waals surface area (Å²) in [4.78, 5) is 32.3. The second-order valence-corrected chi connectivity index (χ2v) is 7.87. The van der Waals surface area contributed by atoms with Gasteiger partial charge in [-0.2, -0.15) is 9.78 Å². The van der Waals surface area contributed by atoms with E-state index in [-0.39, 0.29) is 17.8 Å². The summed E-state index contributed by atoms with van der Waals surface area (Å²) in [6, 6.07) is 13.3. The van der Waals surface area contributed by atoms with Crippen LogP contribution >= 0.6 is 0 Å². The fourth-order valence-corrected chi connectivity index (χ4v) is 3.94. The topological polar surface area (TPSA) is 91.6 Å². The van der Waals surface area contributed by atoms with E-state index in [0.717, 1.165) is 35.6 Å². The molecule has 0 spiro atoms. The van der Waals surface area contributed by atoms with Gasteiger partial charge in [0, 0.05) is 50.2 Å². The number of rotatable bonds is 4. The summed E-state index contributed by atoms with van der Waals surface area (Å²) in [6.45, 7) is 6.97. The highest BCUT2D eigenvalue weighted by atomic mass is 16.4. The largest absolute Gasteiger partial charge is 0.476 e. The van der Waals surface area contributed by atoms with Crippen molar-refractivity contribution in [1.29, 1.82) is 0 Å². The van der Waals surface area contributed by atoms with Crippen LogP contribution in [0.2, 0.25) is 0 Å². The standard InChI is InChI=1S/C23H25N5O3/c1-16-13-18(20-5-3-4-9-24-20)6-7-19(16)15-26-11-12-27(17(2)14-26)23(31)28-10-8-21(25-28)22(29)30/h3-10,13,17H,11-12,14-15H2,1-2H3,(H,29,30). The second kappa shape index (κ2) is 8.69. The van der Waals surface area contributed by atoms with E-state index in [0.29, 0.717) is 6.54 Å². The van der Waals surface area contributed by atoms with Crippen LogP contribution in [0.3, 0.4) is 0 Å². The Labute approximate surface area is 180 Å². The van der Waals surface area contributed by atoms with E-state index in [1.54, 1.807) is 11.1 Å². The zero-order valence-corrected chi connectivity index (χ0v) is 17.6. The van der Waals surface area contributed by atoms with Crippen LogP contribution < -0.4 is 0 Å². The number of carbonyl (C=O) groups is 2. The van der Waals surface area contributed by atoms with Crippen LogP contribution in [0.15, 0.2) is 54.9 Å². The first-order valence-electron chi connectivity index (χ1n) is 10.3. The number of amides is 1. The number of hydrogen-bond donors (Lipinski definition) is 1. The Kier molecular flexibility index (Phi) is 5.81. The van der Waals surface area contributed by atoms with Gasteiger partial charge >= 0.3 is 12.0 Å². The number of pyridine rings is 1. The van der Waals surface area contributed by atoms with E-state index >= 15 is 0 Å². The van der Waals surface area contributed by atoms with Crippen molar-refractivity contribution in [2.75, 3.05) is 19.6 Å². The molecule has 0 radical (unpaired) electrons. The van der Waals surface area contributed by atoms with Gasteiger partial charge in [-0.25, -0.2) is 9.59 Å². The first-order valence-corrected chi connectivity index (χ1v) is 10.3. The molecule has 1 fully saturated rings. The van der Waals surface area contributed by atoms with Gasteiger partial charge in [0.25, 0.3) is 0 Å². The number of piperazine rings is 1. The molecular weight excluding hydrogens is 394 g/mol. The normalized spacial score (nSPS) is 17.0. The molecule has 31 heavy (non-hydrogen) atoms. The minimum Gasteiger partial charge on any atom is -0.476 e. The molecule has 1 amide bonds. The van der Waals surface area contributed by atoms with Gasteiger partial charge in [-0.05, 0) is 49.2 Å². The van der Waals surface area contributed by atoms with Crippen molar-refractivity contribution < 1.29 is 14.7 Å². The van der Waals surface area contributed by atoms with E-state index in [9.17, 15) is 9.59 Å². The Morgan fingerprint density at radius 1 is 1.16 bits per heavy atom. The number of carboxylic acids is 1. The molecule has 3 aromatic rings. The zero-order chi connectivity index (χ0) is 22.0. The van der Waals surface area contributed by atoms with Gasteiger partial charge in [-0.15, -0.1) is 0 Å². The first-order chi connectivity index (χ1) is 14.9. The highest BCUT2D eigenvalue weighted by Crippen LogP contribution is 2.22. The first kappa shape index (κ1) is 20.7. The molecule has 1 aliphatic rings. The van der Waals surface area contributed by atoms with Crippen molar-refractivity contribution >= 4 is 12.0 Å². The molecule has 1 aromatic carbocycles. The summed E-state index contributed by atoms with van der Waals surface area (Å²) < 4.78 is 1.11. The number of aromatic nitrogens is 3. The molecule has 1 saturated heterocycles. The lowest BCUT2D eigenvalue weighted by atomic mass is 10.0. The quantitative estimate of drug-likeness (QED) is 0.699. The third kappa shape index (κ3) is 4.49. The number of nitrogens with zero attached hydrogens (tertiary/aromatic N) is 5. The molecule has 160 valence electrons. The number of hydrogen-bond acceptors (Lipinski definition) is 5. The number of aryl methyl sites for hydroxylation is 1. The van der Waals surface area contributed by atoms with Crippen LogP contribution in [-0.4, -0.2) is 67.3 Å². The van der Waals surface area contributed by atoms with Crippen molar-refractivity contribution in [3.8, 4) is 11.3 Å². The molecule has 0 bridgehead atoms. The predicted octanol–water partition coefficient (Wildman–Crippen LogP) is 3.13. The Balaban J connectivity index is 1.40. The maximum absolute atomic E-state index is 12.7. The summed E-state index contributed by atoms with van der Waals surface area (Å²) in [5.74, 6) is -1.14. The number of benzene rings is 1. The molecular formula is C23H25N5O3.